The molecular formula is C12H14N2O4. The summed E-state index contributed by atoms with van der Waals surface area (Å²) in [5.41, 5.74) is 6.31. The number of rotatable bonds is 1. The number of amides is 2. The summed E-state index contributed by atoms with van der Waals surface area (Å²) in [5, 5.41) is 9.36. The van der Waals surface area contributed by atoms with Crippen LogP contribution in [0.5, 0.6) is 5.75 Å². The van der Waals surface area contributed by atoms with Crippen molar-refractivity contribution in [3.8, 4) is 5.75 Å². The van der Waals surface area contributed by atoms with Gasteiger partial charge in [-0.1, -0.05) is 0 Å². The molecule has 0 saturated carbocycles. The zero-order chi connectivity index (χ0) is 13.4. The summed E-state index contributed by atoms with van der Waals surface area (Å²) in [7, 11) is 0. The molecule has 1 heterocycles. The van der Waals surface area contributed by atoms with Crippen LogP contribution in [-0.4, -0.2) is 29.1 Å². The highest BCUT2D eigenvalue weighted by atomic mass is 16.5. The van der Waals surface area contributed by atoms with Crippen LogP contribution >= 0.6 is 0 Å². The smallest absolute Gasteiger partial charge is 0.274 e. The second-order valence-corrected chi connectivity index (χ2v) is 4.18. The highest BCUT2D eigenvalue weighted by Crippen LogP contribution is 2.35. The first-order valence-corrected chi connectivity index (χ1v) is 5.54. The minimum atomic E-state index is -1.27. The zero-order valence-corrected chi connectivity index (χ0v) is 10.1. The maximum absolute atomic E-state index is 12.0. The maximum Gasteiger partial charge on any atom is 0.274 e. The molecule has 2 unspecified atom stereocenters. The molecule has 0 fully saturated rings. The summed E-state index contributed by atoms with van der Waals surface area (Å²) >= 11 is 0. The van der Waals surface area contributed by atoms with Gasteiger partial charge < -0.3 is 15.6 Å². The summed E-state index contributed by atoms with van der Waals surface area (Å²) in [6.07, 6.45) is -2.04. The molecule has 0 bridgehead atoms. The van der Waals surface area contributed by atoms with Gasteiger partial charge >= 0.3 is 0 Å². The first-order chi connectivity index (χ1) is 8.41. The predicted molar refractivity (Wildman–Crippen MR) is 65.1 cm³/mol. The van der Waals surface area contributed by atoms with E-state index in [2.05, 4.69) is 0 Å². The number of carbonyl (C=O) groups is 2. The number of nitrogens with zero attached hydrogens (tertiary/aromatic N) is 1. The molecule has 0 saturated heterocycles. The van der Waals surface area contributed by atoms with Crippen LogP contribution in [0.25, 0.3) is 0 Å². The molecule has 0 spiro atoms. The number of hydrogen-bond donors (Lipinski definition) is 2. The Morgan fingerprint density at radius 3 is 2.83 bits per heavy atom. The Kier molecular flexibility index (Phi) is 2.96. The van der Waals surface area contributed by atoms with Crippen LogP contribution in [0.3, 0.4) is 0 Å². The molecule has 2 atom stereocenters. The van der Waals surface area contributed by atoms with Crippen molar-refractivity contribution in [2.24, 2.45) is 0 Å². The van der Waals surface area contributed by atoms with Crippen LogP contribution in [0.2, 0.25) is 0 Å². The number of nitrogens with two attached hydrogens (primary N) is 1. The van der Waals surface area contributed by atoms with E-state index in [1.165, 1.54) is 13.0 Å². The van der Waals surface area contributed by atoms with Gasteiger partial charge in [-0.2, -0.15) is 0 Å². The quantitative estimate of drug-likeness (QED) is 0.699. The third kappa shape index (κ3) is 1.91. The van der Waals surface area contributed by atoms with E-state index >= 15 is 0 Å². The molecule has 18 heavy (non-hydrogen) atoms. The lowest BCUT2D eigenvalue weighted by Crippen LogP contribution is -2.50. The van der Waals surface area contributed by atoms with Crippen molar-refractivity contribution in [3.63, 3.8) is 0 Å². The molecule has 1 aromatic carbocycles. The van der Waals surface area contributed by atoms with Gasteiger partial charge in [0.05, 0.1) is 5.69 Å². The number of hydrogen-bond acceptors (Lipinski definition) is 5. The summed E-state index contributed by atoms with van der Waals surface area (Å²) < 4.78 is 5.38. The second kappa shape index (κ2) is 4.30. The Hall–Kier alpha value is -2.08. The fourth-order valence-electron chi connectivity index (χ4n) is 1.76. The van der Waals surface area contributed by atoms with Crippen molar-refractivity contribution in [2.75, 3.05) is 10.6 Å². The van der Waals surface area contributed by atoms with E-state index in [1.807, 2.05) is 0 Å². The van der Waals surface area contributed by atoms with Crippen LogP contribution in [0.4, 0.5) is 11.4 Å². The van der Waals surface area contributed by atoms with Gasteiger partial charge in [0.25, 0.3) is 11.8 Å². The van der Waals surface area contributed by atoms with Crippen LogP contribution in [-0.2, 0) is 9.59 Å². The molecule has 0 radical (unpaired) electrons. The molecule has 3 N–H and O–H groups in total. The first kappa shape index (κ1) is 12.4. The maximum atomic E-state index is 12.0. The van der Waals surface area contributed by atoms with E-state index in [0.717, 1.165) is 4.90 Å². The standard InChI is InChI=1S/C12H14N2O4/c1-6(15)11(16)14-9-5-8(13)3-4-10(9)18-7(2)12(14)17/h3-7,15H,13H2,1-2H3. The van der Waals surface area contributed by atoms with Gasteiger partial charge in [-0.25, -0.2) is 4.90 Å². The SMILES string of the molecule is CC(O)C(=O)N1C(=O)C(C)Oc2ccc(N)cc21. The van der Waals surface area contributed by atoms with Gasteiger partial charge in [-0.05, 0) is 32.0 Å². The number of benzene rings is 1. The van der Waals surface area contributed by atoms with Crippen molar-refractivity contribution >= 4 is 23.2 Å². The van der Waals surface area contributed by atoms with Crippen LogP contribution in [0.15, 0.2) is 18.2 Å². The number of fused-ring (bicyclic) bond motifs is 1. The monoisotopic (exact) mass is 250 g/mol. The van der Waals surface area contributed by atoms with Crippen molar-refractivity contribution in [1.29, 1.82) is 0 Å². The normalized spacial score (nSPS) is 20.1. The molecule has 1 aromatic rings. The Morgan fingerprint density at radius 2 is 2.22 bits per heavy atom. The summed E-state index contributed by atoms with van der Waals surface area (Å²) in [6, 6.07) is 4.68. The van der Waals surface area contributed by atoms with E-state index < -0.39 is 24.0 Å². The van der Waals surface area contributed by atoms with Gasteiger partial charge in [-0.3, -0.25) is 9.59 Å². The molecule has 1 aliphatic heterocycles. The summed E-state index contributed by atoms with van der Waals surface area (Å²) in [6.45, 7) is 2.85. The highest BCUT2D eigenvalue weighted by molar-refractivity contribution is 6.19. The Labute approximate surface area is 104 Å². The summed E-state index contributed by atoms with van der Waals surface area (Å²) in [5.74, 6) is -0.814. The van der Waals surface area contributed by atoms with Crippen molar-refractivity contribution < 1.29 is 19.4 Å². The first-order valence-electron chi connectivity index (χ1n) is 5.54. The highest BCUT2D eigenvalue weighted by Gasteiger charge is 2.37. The molecule has 2 amide bonds. The predicted octanol–water partition coefficient (Wildman–Crippen LogP) is 0.290. The molecule has 1 aliphatic rings. The lowest BCUT2D eigenvalue weighted by molar-refractivity contribution is -0.134. The number of anilines is 2. The Morgan fingerprint density at radius 1 is 1.56 bits per heavy atom. The van der Waals surface area contributed by atoms with Crippen LogP contribution in [0, 0.1) is 0 Å². The van der Waals surface area contributed by atoms with Gasteiger partial charge in [0.15, 0.2) is 6.10 Å². The van der Waals surface area contributed by atoms with Crippen LogP contribution < -0.4 is 15.4 Å². The van der Waals surface area contributed by atoms with Gasteiger partial charge in [0.1, 0.15) is 11.9 Å². The number of imide groups is 1. The van der Waals surface area contributed by atoms with Crippen molar-refractivity contribution in [2.45, 2.75) is 26.1 Å². The lowest BCUT2D eigenvalue weighted by atomic mass is 10.1. The zero-order valence-electron chi connectivity index (χ0n) is 10.1. The average molecular weight is 250 g/mol. The number of aliphatic hydroxyl groups excluding tert-OH is 1. The number of nitrogen functional groups attached to an aromatic ring is 1. The fourth-order valence-corrected chi connectivity index (χ4v) is 1.76. The topological polar surface area (TPSA) is 92.9 Å². The van der Waals surface area contributed by atoms with E-state index in [4.69, 9.17) is 10.5 Å². The van der Waals surface area contributed by atoms with Crippen LogP contribution in [0.1, 0.15) is 13.8 Å². The number of aliphatic hydroxyl groups is 1. The van der Waals surface area contributed by atoms with Crippen molar-refractivity contribution in [1.82, 2.24) is 0 Å². The largest absolute Gasteiger partial charge is 0.479 e. The van der Waals surface area contributed by atoms with Gasteiger partial charge in [0, 0.05) is 5.69 Å². The average Bonchev–Trinajstić information content (AvgIpc) is 2.31. The molecule has 0 aliphatic carbocycles. The molecule has 0 aromatic heterocycles. The van der Waals surface area contributed by atoms with Gasteiger partial charge in [0.2, 0.25) is 0 Å². The third-order valence-corrected chi connectivity index (χ3v) is 2.67. The Balaban J connectivity index is 2.54. The third-order valence-electron chi connectivity index (χ3n) is 2.67. The fraction of sp³-hybridized carbons (Fsp3) is 0.333. The number of carbonyl (C=O) groups excluding carboxylic acids is 2. The van der Waals surface area contributed by atoms with Gasteiger partial charge in [-0.15, -0.1) is 0 Å². The second-order valence-electron chi connectivity index (χ2n) is 4.18. The number of ether oxygens (including phenoxy) is 1. The molecule has 96 valence electrons. The van der Waals surface area contributed by atoms with E-state index in [1.54, 1.807) is 19.1 Å². The van der Waals surface area contributed by atoms with E-state index in [9.17, 15) is 14.7 Å². The minimum absolute atomic E-state index is 0.268. The molecule has 2 rings (SSSR count). The minimum Gasteiger partial charge on any atom is -0.479 e. The Bertz CT molecular complexity index is 513. The molecule has 6 heteroatoms. The summed E-state index contributed by atoms with van der Waals surface area (Å²) in [4.78, 5) is 24.8. The van der Waals surface area contributed by atoms with E-state index in [-0.39, 0.29) is 5.69 Å². The van der Waals surface area contributed by atoms with Crippen molar-refractivity contribution in [3.05, 3.63) is 18.2 Å². The molecule has 6 nitrogen and oxygen atoms in total. The van der Waals surface area contributed by atoms with E-state index in [0.29, 0.717) is 11.4 Å². The molecular weight excluding hydrogens is 236 g/mol. The lowest BCUT2D eigenvalue weighted by Gasteiger charge is -2.32.